The SMILES string of the molecule is CCCNc1ccnc(CSc2ncccc2Br)c1. The number of anilines is 1. The molecule has 0 atom stereocenters. The van der Waals surface area contributed by atoms with E-state index in [2.05, 4.69) is 44.2 Å². The highest BCUT2D eigenvalue weighted by molar-refractivity contribution is 9.10. The summed E-state index contributed by atoms with van der Waals surface area (Å²) in [5, 5.41) is 4.37. The van der Waals surface area contributed by atoms with Crippen molar-refractivity contribution in [2.24, 2.45) is 0 Å². The highest BCUT2D eigenvalue weighted by Crippen LogP contribution is 2.27. The van der Waals surface area contributed by atoms with E-state index in [1.54, 1.807) is 18.0 Å². The number of nitrogens with one attached hydrogen (secondary N) is 1. The summed E-state index contributed by atoms with van der Waals surface area (Å²) in [6.45, 7) is 3.14. The summed E-state index contributed by atoms with van der Waals surface area (Å²) in [4.78, 5) is 8.73. The van der Waals surface area contributed by atoms with E-state index in [4.69, 9.17) is 0 Å². The van der Waals surface area contributed by atoms with E-state index in [0.717, 1.165) is 39.6 Å². The molecule has 19 heavy (non-hydrogen) atoms. The van der Waals surface area contributed by atoms with Gasteiger partial charge in [0.15, 0.2) is 0 Å². The van der Waals surface area contributed by atoms with Crippen LogP contribution in [0.3, 0.4) is 0 Å². The lowest BCUT2D eigenvalue weighted by Crippen LogP contribution is -2.00. The minimum atomic E-state index is 0.817. The second kappa shape index (κ2) is 7.50. The van der Waals surface area contributed by atoms with Crippen LogP contribution >= 0.6 is 27.7 Å². The van der Waals surface area contributed by atoms with Crippen molar-refractivity contribution >= 4 is 33.4 Å². The van der Waals surface area contributed by atoms with E-state index < -0.39 is 0 Å². The van der Waals surface area contributed by atoms with Crippen molar-refractivity contribution in [1.82, 2.24) is 9.97 Å². The van der Waals surface area contributed by atoms with Crippen LogP contribution in [0.5, 0.6) is 0 Å². The number of pyridine rings is 2. The van der Waals surface area contributed by atoms with Crippen LogP contribution in [0.25, 0.3) is 0 Å². The maximum atomic E-state index is 4.39. The molecule has 2 rings (SSSR count). The predicted molar refractivity (Wildman–Crippen MR) is 84.5 cm³/mol. The summed E-state index contributed by atoms with van der Waals surface area (Å²) in [5.41, 5.74) is 2.19. The molecule has 2 heterocycles. The van der Waals surface area contributed by atoms with E-state index in [0.29, 0.717) is 0 Å². The number of halogens is 1. The Balaban J connectivity index is 1.98. The van der Waals surface area contributed by atoms with Crippen LogP contribution < -0.4 is 5.32 Å². The fourth-order valence-corrected chi connectivity index (χ4v) is 2.94. The average molecular weight is 338 g/mol. The standard InChI is InChI=1S/C14H16BrN3S/c1-2-6-16-11-5-8-17-12(9-11)10-19-14-13(15)4-3-7-18-14/h3-5,7-9H,2,6,10H2,1H3,(H,16,17). The van der Waals surface area contributed by atoms with Gasteiger partial charge in [0.1, 0.15) is 5.03 Å². The van der Waals surface area contributed by atoms with Gasteiger partial charge < -0.3 is 5.32 Å². The van der Waals surface area contributed by atoms with Gasteiger partial charge in [-0.3, -0.25) is 4.98 Å². The monoisotopic (exact) mass is 337 g/mol. The molecule has 0 aliphatic rings. The summed E-state index contributed by atoms with van der Waals surface area (Å²) in [6.07, 6.45) is 4.77. The summed E-state index contributed by atoms with van der Waals surface area (Å²) in [7, 11) is 0. The smallest absolute Gasteiger partial charge is 0.111 e. The minimum absolute atomic E-state index is 0.817. The quantitative estimate of drug-likeness (QED) is 0.795. The summed E-state index contributed by atoms with van der Waals surface area (Å²) in [5.74, 6) is 0.817. The van der Waals surface area contributed by atoms with Gasteiger partial charge in [-0.05, 0) is 46.6 Å². The lowest BCUT2D eigenvalue weighted by atomic mass is 10.3. The molecule has 2 aromatic rings. The zero-order valence-corrected chi connectivity index (χ0v) is 13.2. The third-order valence-electron chi connectivity index (χ3n) is 2.48. The van der Waals surface area contributed by atoms with E-state index in [-0.39, 0.29) is 0 Å². The Hall–Kier alpha value is -1.07. The largest absolute Gasteiger partial charge is 0.385 e. The first kappa shape index (κ1) is 14.3. The van der Waals surface area contributed by atoms with E-state index in [1.165, 1.54) is 0 Å². The van der Waals surface area contributed by atoms with Crippen molar-refractivity contribution in [3.05, 3.63) is 46.8 Å². The first-order valence-corrected chi connectivity index (χ1v) is 7.99. The normalized spacial score (nSPS) is 10.4. The van der Waals surface area contributed by atoms with Crippen molar-refractivity contribution in [1.29, 1.82) is 0 Å². The van der Waals surface area contributed by atoms with Crippen molar-refractivity contribution in [2.45, 2.75) is 24.1 Å². The Labute approximate surface area is 126 Å². The minimum Gasteiger partial charge on any atom is -0.385 e. The molecule has 100 valence electrons. The van der Waals surface area contributed by atoms with Gasteiger partial charge in [-0.25, -0.2) is 4.98 Å². The lowest BCUT2D eigenvalue weighted by Gasteiger charge is -2.07. The van der Waals surface area contributed by atoms with Gasteiger partial charge in [-0.2, -0.15) is 0 Å². The molecule has 0 aliphatic carbocycles. The Kier molecular flexibility index (Phi) is 5.66. The molecular formula is C14H16BrN3S. The van der Waals surface area contributed by atoms with E-state index in [1.807, 2.05) is 24.4 Å². The van der Waals surface area contributed by atoms with Gasteiger partial charge >= 0.3 is 0 Å². The van der Waals surface area contributed by atoms with Crippen LogP contribution in [0.15, 0.2) is 46.2 Å². The predicted octanol–water partition coefficient (Wildman–Crippen LogP) is 4.35. The highest BCUT2D eigenvalue weighted by Gasteiger charge is 2.03. The van der Waals surface area contributed by atoms with E-state index >= 15 is 0 Å². The number of rotatable bonds is 6. The topological polar surface area (TPSA) is 37.8 Å². The van der Waals surface area contributed by atoms with Crippen molar-refractivity contribution < 1.29 is 0 Å². The maximum Gasteiger partial charge on any atom is 0.111 e. The molecule has 0 saturated carbocycles. The second-order valence-corrected chi connectivity index (χ2v) is 5.86. The van der Waals surface area contributed by atoms with Gasteiger partial charge in [-0.15, -0.1) is 0 Å². The molecule has 0 bridgehead atoms. The third-order valence-corrected chi connectivity index (χ3v) is 4.42. The molecule has 0 amide bonds. The third kappa shape index (κ3) is 4.51. The average Bonchev–Trinajstić information content (AvgIpc) is 2.45. The molecule has 0 saturated heterocycles. The molecule has 5 heteroatoms. The fraction of sp³-hybridized carbons (Fsp3) is 0.286. The van der Waals surface area contributed by atoms with Crippen LogP contribution in [-0.2, 0) is 5.75 Å². The Morgan fingerprint density at radius 2 is 2.16 bits per heavy atom. The molecule has 0 fully saturated rings. The van der Waals surface area contributed by atoms with Crippen LogP contribution in [0.2, 0.25) is 0 Å². The first-order chi connectivity index (χ1) is 9.29. The molecule has 3 nitrogen and oxygen atoms in total. The second-order valence-electron chi connectivity index (χ2n) is 4.04. The molecule has 0 unspecified atom stereocenters. The molecule has 0 aromatic carbocycles. The van der Waals surface area contributed by atoms with Gasteiger partial charge in [-0.1, -0.05) is 18.7 Å². The summed E-state index contributed by atoms with van der Waals surface area (Å²) < 4.78 is 1.03. The Morgan fingerprint density at radius 3 is 2.95 bits per heavy atom. The fourth-order valence-electron chi connectivity index (χ4n) is 1.56. The summed E-state index contributed by atoms with van der Waals surface area (Å²) >= 11 is 5.19. The molecule has 2 aromatic heterocycles. The molecule has 0 aliphatic heterocycles. The number of nitrogens with zero attached hydrogens (tertiary/aromatic N) is 2. The van der Waals surface area contributed by atoms with Crippen LogP contribution in [0.4, 0.5) is 5.69 Å². The van der Waals surface area contributed by atoms with Gasteiger partial charge in [0, 0.05) is 34.9 Å². The van der Waals surface area contributed by atoms with Crippen LogP contribution in [0, 0.1) is 0 Å². The van der Waals surface area contributed by atoms with E-state index in [9.17, 15) is 0 Å². The zero-order chi connectivity index (χ0) is 13.5. The van der Waals surface area contributed by atoms with Crippen LogP contribution in [-0.4, -0.2) is 16.5 Å². The lowest BCUT2D eigenvalue weighted by molar-refractivity contribution is 0.977. The van der Waals surface area contributed by atoms with Crippen molar-refractivity contribution in [3.63, 3.8) is 0 Å². The molecule has 0 spiro atoms. The number of hydrogen-bond acceptors (Lipinski definition) is 4. The summed E-state index contributed by atoms with van der Waals surface area (Å²) in [6, 6.07) is 8.02. The van der Waals surface area contributed by atoms with Gasteiger partial charge in [0.05, 0.1) is 5.69 Å². The van der Waals surface area contributed by atoms with Gasteiger partial charge in [0.25, 0.3) is 0 Å². The van der Waals surface area contributed by atoms with Crippen molar-refractivity contribution in [3.8, 4) is 0 Å². The highest BCUT2D eigenvalue weighted by atomic mass is 79.9. The Morgan fingerprint density at radius 1 is 1.26 bits per heavy atom. The van der Waals surface area contributed by atoms with Crippen LogP contribution in [0.1, 0.15) is 19.0 Å². The maximum absolute atomic E-state index is 4.39. The van der Waals surface area contributed by atoms with Crippen molar-refractivity contribution in [2.75, 3.05) is 11.9 Å². The van der Waals surface area contributed by atoms with Gasteiger partial charge in [0.2, 0.25) is 0 Å². The zero-order valence-electron chi connectivity index (χ0n) is 10.8. The molecule has 0 radical (unpaired) electrons. The Bertz CT molecular complexity index is 534. The molecule has 1 N–H and O–H groups in total. The number of hydrogen-bond donors (Lipinski definition) is 1. The number of aromatic nitrogens is 2. The number of thioether (sulfide) groups is 1. The first-order valence-electron chi connectivity index (χ1n) is 6.21. The molecular weight excluding hydrogens is 322 g/mol.